The van der Waals surface area contributed by atoms with Crippen LogP contribution >= 0.6 is 0 Å². The molecule has 0 aliphatic heterocycles. The van der Waals surface area contributed by atoms with Crippen LogP contribution in [-0.4, -0.2) is 18.6 Å². The van der Waals surface area contributed by atoms with Crippen molar-refractivity contribution >= 4 is 0 Å². The number of hydrogen-bond donors (Lipinski definition) is 2. The third kappa shape index (κ3) is 3.28. The fraction of sp³-hybridized carbons (Fsp3) is 1.00. The summed E-state index contributed by atoms with van der Waals surface area (Å²) < 4.78 is 0. The highest BCUT2D eigenvalue weighted by Crippen LogP contribution is 2.28. The molecule has 0 atom stereocenters. The highest BCUT2D eigenvalue weighted by Gasteiger charge is 2.31. The summed E-state index contributed by atoms with van der Waals surface area (Å²) in [5, 5.41) is 3.50. The molecule has 0 saturated heterocycles. The summed E-state index contributed by atoms with van der Waals surface area (Å²) in [6.45, 7) is 6.68. The van der Waals surface area contributed by atoms with Crippen molar-refractivity contribution in [2.24, 2.45) is 11.7 Å². The van der Waals surface area contributed by atoms with E-state index in [2.05, 4.69) is 19.2 Å². The second-order valence-electron chi connectivity index (χ2n) is 4.53. The Kier molecular flexibility index (Phi) is 4.20. The monoisotopic (exact) mass is 184 g/mol. The van der Waals surface area contributed by atoms with E-state index in [4.69, 9.17) is 5.73 Å². The van der Waals surface area contributed by atoms with E-state index in [9.17, 15) is 0 Å². The molecule has 0 aromatic rings. The minimum Gasteiger partial charge on any atom is -0.324 e. The largest absolute Gasteiger partial charge is 0.324 e. The Morgan fingerprint density at radius 3 is 2.31 bits per heavy atom. The standard InChI is InChI=1S/C11H24N2/c1-3-10(4-2)8-13-9-11(12)6-5-7-11/h10,13H,3-9,12H2,1-2H3. The lowest BCUT2D eigenvalue weighted by Crippen LogP contribution is -2.54. The zero-order valence-electron chi connectivity index (χ0n) is 9.10. The van der Waals surface area contributed by atoms with Crippen molar-refractivity contribution in [3.8, 4) is 0 Å². The lowest BCUT2D eigenvalue weighted by Gasteiger charge is -2.38. The smallest absolute Gasteiger partial charge is 0.0280 e. The maximum atomic E-state index is 6.11. The Labute approximate surface area is 82.3 Å². The average Bonchev–Trinajstić information content (AvgIpc) is 2.10. The fourth-order valence-electron chi connectivity index (χ4n) is 1.91. The first-order valence-electron chi connectivity index (χ1n) is 5.70. The van der Waals surface area contributed by atoms with Crippen molar-refractivity contribution in [3.05, 3.63) is 0 Å². The molecule has 0 aromatic heterocycles. The quantitative estimate of drug-likeness (QED) is 0.661. The zero-order chi connectivity index (χ0) is 9.73. The fourth-order valence-corrected chi connectivity index (χ4v) is 1.91. The maximum absolute atomic E-state index is 6.11. The third-order valence-electron chi connectivity index (χ3n) is 3.41. The van der Waals surface area contributed by atoms with Gasteiger partial charge in [-0.1, -0.05) is 26.7 Å². The number of nitrogens with one attached hydrogen (secondary N) is 1. The van der Waals surface area contributed by atoms with Crippen LogP contribution < -0.4 is 11.1 Å². The van der Waals surface area contributed by atoms with Gasteiger partial charge in [-0.3, -0.25) is 0 Å². The van der Waals surface area contributed by atoms with Crippen molar-refractivity contribution < 1.29 is 0 Å². The van der Waals surface area contributed by atoms with Crippen molar-refractivity contribution in [1.82, 2.24) is 5.32 Å². The summed E-state index contributed by atoms with van der Waals surface area (Å²) in [4.78, 5) is 0. The Morgan fingerprint density at radius 2 is 1.92 bits per heavy atom. The highest BCUT2D eigenvalue weighted by molar-refractivity contribution is 4.94. The van der Waals surface area contributed by atoms with Gasteiger partial charge in [-0.25, -0.2) is 0 Å². The molecule has 0 amide bonds. The molecular formula is C11H24N2. The van der Waals surface area contributed by atoms with E-state index >= 15 is 0 Å². The molecule has 1 aliphatic carbocycles. The summed E-state index contributed by atoms with van der Waals surface area (Å²) in [6.07, 6.45) is 6.30. The molecule has 1 saturated carbocycles. The van der Waals surface area contributed by atoms with Gasteiger partial charge in [-0.2, -0.15) is 0 Å². The summed E-state index contributed by atoms with van der Waals surface area (Å²) in [6, 6.07) is 0. The van der Waals surface area contributed by atoms with E-state index in [-0.39, 0.29) is 5.54 Å². The SMILES string of the molecule is CCC(CC)CNCC1(N)CCC1. The van der Waals surface area contributed by atoms with Crippen molar-refractivity contribution in [2.75, 3.05) is 13.1 Å². The van der Waals surface area contributed by atoms with Gasteiger partial charge in [-0.05, 0) is 31.7 Å². The third-order valence-corrected chi connectivity index (χ3v) is 3.41. The second kappa shape index (κ2) is 4.97. The first kappa shape index (κ1) is 11.0. The van der Waals surface area contributed by atoms with Crippen LogP contribution in [0, 0.1) is 5.92 Å². The van der Waals surface area contributed by atoms with E-state index in [1.54, 1.807) is 0 Å². The number of rotatable bonds is 6. The molecule has 0 radical (unpaired) electrons. The predicted molar refractivity (Wildman–Crippen MR) is 57.7 cm³/mol. The predicted octanol–water partition coefficient (Wildman–Crippen LogP) is 1.89. The molecule has 1 fully saturated rings. The molecule has 0 bridgehead atoms. The Hall–Kier alpha value is -0.0800. The molecule has 0 unspecified atom stereocenters. The minimum absolute atomic E-state index is 0.145. The van der Waals surface area contributed by atoms with Crippen molar-refractivity contribution in [1.29, 1.82) is 0 Å². The second-order valence-corrected chi connectivity index (χ2v) is 4.53. The molecule has 13 heavy (non-hydrogen) atoms. The van der Waals surface area contributed by atoms with Gasteiger partial charge in [-0.15, -0.1) is 0 Å². The Bertz CT molecular complexity index is 137. The van der Waals surface area contributed by atoms with E-state index in [0.717, 1.165) is 19.0 Å². The first-order valence-corrected chi connectivity index (χ1v) is 5.70. The topological polar surface area (TPSA) is 38.0 Å². The van der Waals surface area contributed by atoms with Crippen LogP contribution in [-0.2, 0) is 0 Å². The average molecular weight is 184 g/mol. The van der Waals surface area contributed by atoms with Gasteiger partial charge in [0.15, 0.2) is 0 Å². The van der Waals surface area contributed by atoms with Crippen molar-refractivity contribution in [2.45, 2.75) is 51.5 Å². The summed E-state index contributed by atoms with van der Waals surface area (Å²) in [5.41, 5.74) is 6.25. The van der Waals surface area contributed by atoms with Gasteiger partial charge in [0.2, 0.25) is 0 Å². The molecule has 0 heterocycles. The van der Waals surface area contributed by atoms with Crippen LogP contribution in [0.1, 0.15) is 46.0 Å². The molecule has 78 valence electrons. The normalized spacial score (nSPS) is 20.3. The number of nitrogens with two attached hydrogens (primary N) is 1. The van der Waals surface area contributed by atoms with Crippen LogP contribution in [0.15, 0.2) is 0 Å². The van der Waals surface area contributed by atoms with E-state index in [1.165, 1.54) is 32.1 Å². The number of hydrogen-bond acceptors (Lipinski definition) is 2. The van der Waals surface area contributed by atoms with Crippen LogP contribution in [0.25, 0.3) is 0 Å². The Balaban J connectivity index is 2.05. The van der Waals surface area contributed by atoms with Gasteiger partial charge < -0.3 is 11.1 Å². The minimum atomic E-state index is 0.145. The summed E-state index contributed by atoms with van der Waals surface area (Å²) >= 11 is 0. The molecule has 0 aromatic carbocycles. The lowest BCUT2D eigenvalue weighted by molar-refractivity contribution is 0.234. The van der Waals surface area contributed by atoms with Gasteiger partial charge in [0.05, 0.1) is 0 Å². The molecule has 0 spiro atoms. The van der Waals surface area contributed by atoms with Gasteiger partial charge in [0.25, 0.3) is 0 Å². The van der Waals surface area contributed by atoms with Gasteiger partial charge >= 0.3 is 0 Å². The van der Waals surface area contributed by atoms with Gasteiger partial charge in [0.1, 0.15) is 0 Å². The molecule has 1 rings (SSSR count). The van der Waals surface area contributed by atoms with Crippen LogP contribution in [0.5, 0.6) is 0 Å². The first-order chi connectivity index (χ1) is 6.20. The van der Waals surface area contributed by atoms with Crippen LogP contribution in [0.4, 0.5) is 0 Å². The van der Waals surface area contributed by atoms with E-state index in [1.807, 2.05) is 0 Å². The summed E-state index contributed by atoms with van der Waals surface area (Å²) in [7, 11) is 0. The van der Waals surface area contributed by atoms with E-state index in [0.29, 0.717) is 0 Å². The van der Waals surface area contributed by atoms with Crippen molar-refractivity contribution in [3.63, 3.8) is 0 Å². The Morgan fingerprint density at radius 1 is 1.31 bits per heavy atom. The molecule has 2 nitrogen and oxygen atoms in total. The molecule has 1 aliphatic rings. The van der Waals surface area contributed by atoms with Gasteiger partial charge in [0, 0.05) is 12.1 Å². The molecule has 3 N–H and O–H groups in total. The maximum Gasteiger partial charge on any atom is 0.0280 e. The van der Waals surface area contributed by atoms with Crippen LogP contribution in [0.3, 0.4) is 0 Å². The van der Waals surface area contributed by atoms with Crippen LogP contribution in [0.2, 0.25) is 0 Å². The lowest BCUT2D eigenvalue weighted by atomic mass is 9.77. The zero-order valence-corrected chi connectivity index (χ0v) is 9.10. The molecular weight excluding hydrogens is 160 g/mol. The highest BCUT2D eigenvalue weighted by atomic mass is 14.9. The molecule has 2 heteroatoms. The summed E-state index contributed by atoms with van der Waals surface area (Å²) in [5.74, 6) is 0.837. The van der Waals surface area contributed by atoms with E-state index < -0.39 is 0 Å².